The second-order valence-corrected chi connectivity index (χ2v) is 4.92. The van der Waals surface area contributed by atoms with Gasteiger partial charge in [0.2, 0.25) is 0 Å². The quantitative estimate of drug-likeness (QED) is 0.910. The van der Waals surface area contributed by atoms with Gasteiger partial charge in [-0.2, -0.15) is 0 Å². The molecule has 2 rings (SSSR count). The normalized spacial score (nSPS) is 10.8. The van der Waals surface area contributed by atoms with Gasteiger partial charge < -0.3 is 9.84 Å². The van der Waals surface area contributed by atoms with E-state index in [0.717, 1.165) is 16.9 Å². The largest absolute Gasteiger partial charge is 0.495 e. The molecule has 0 saturated carbocycles. The standard InChI is InChI=1S/C15H18N2O3/c1-10(2)13-8-16-9-17(13)12-6-11(7-15(18)19)4-5-14(12)20-3/h4-6,8-10H,7H2,1-3H3,(H,18,19). The molecule has 0 amide bonds. The molecule has 0 aliphatic rings. The summed E-state index contributed by atoms with van der Waals surface area (Å²) < 4.78 is 7.31. The van der Waals surface area contributed by atoms with E-state index in [-0.39, 0.29) is 6.42 Å². The number of carbonyl (C=O) groups is 1. The van der Waals surface area contributed by atoms with E-state index >= 15 is 0 Å². The van der Waals surface area contributed by atoms with Crippen molar-refractivity contribution in [2.45, 2.75) is 26.2 Å². The molecule has 1 aromatic heterocycles. The molecule has 0 fully saturated rings. The lowest BCUT2D eigenvalue weighted by atomic mass is 10.1. The van der Waals surface area contributed by atoms with Crippen LogP contribution in [0, 0.1) is 0 Å². The number of aromatic nitrogens is 2. The summed E-state index contributed by atoms with van der Waals surface area (Å²) in [5.41, 5.74) is 2.60. The molecule has 5 heteroatoms. The van der Waals surface area contributed by atoms with E-state index in [0.29, 0.717) is 11.7 Å². The van der Waals surface area contributed by atoms with E-state index in [4.69, 9.17) is 9.84 Å². The Labute approximate surface area is 117 Å². The minimum Gasteiger partial charge on any atom is -0.495 e. The van der Waals surface area contributed by atoms with Gasteiger partial charge in [-0.05, 0) is 23.6 Å². The maximum absolute atomic E-state index is 10.8. The highest BCUT2D eigenvalue weighted by molar-refractivity contribution is 5.71. The first-order chi connectivity index (χ1) is 9.52. The summed E-state index contributed by atoms with van der Waals surface area (Å²) in [5, 5.41) is 8.91. The van der Waals surface area contributed by atoms with Crippen LogP contribution in [-0.2, 0) is 11.2 Å². The zero-order chi connectivity index (χ0) is 14.7. The van der Waals surface area contributed by atoms with Gasteiger partial charge in [0.1, 0.15) is 5.75 Å². The van der Waals surface area contributed by atoms with E-state index in [9.17, 15) is 4.79 Å². The molecular weight excluding hydrogens is 256 g/mol. The van der Waals surface area contributed by atoms with Gasteiger partial charge in [-0.3, -0.25) is 9.36 Å². The van der Waals surface area contributed by atoms with Crippen LogP contribution in [0.2, 0.25) is 0 Å². The van der Waals surface area contributed by atoms with Gasteiger partial charge in [0.15, 0.2) is 0 Å². The summed E-state index contributed by atoms with van der Waals surface area (Å²) >= 11 is 0. The zero-order valence-electron chi connectivity index (χ0n) is 11.8. The average Bonchev–Trinajstić information content (AvgIpc) is 2.87. The van der Waals surface area contributed by atoms with Gasteiger partial charge in [-0.1, -0.05) is 19.9 Å². The molecule has 1 N–H and O–H groups in total. The van der Waals surface area contributed by atoms with E-state index in [2.05, 4.69) is 18.8 Å². The van der Waals surface area contributed by atoms with Crippen molar-refractivity contribution < 1.29 is 14.6 Å². The molecule has 0 saturated heterocycles. The summed E-state index contributed by atoms with van der Waals surface area (Å²) in [4.78, 5) is 15.0. The highest BCUT2D eigenvalue weighted by Gasteiger charge is 2.13. The van der Waals surface area contributed by atoms with Gasteiger partial charge in [0.05, 0.1) is 25.5 Å². The van der Waals surface area contributed by atoms with Crippen LogP contribution in [0.3, 0.4) is 0 Å². The van der Waals surface area contributed by atoms with Crippen LogP contribution in [0.1, 0.15) is 31.0 Å². The van der Waals surface area contributed by atoms with Crippen molar-refractivity contribution in [2.24, 2.45) is 0 Å². The number of ether oxygens (including phenoxy) is 1. The predicted molar refractivity (Wildman–Crippen MR) is 75.5 cm³/mol. The summed E-state index contributed by atoms with van der Waals surface area (Å²) in [7, 11) is 1.60. The van der Waals surface area contributed by atoms with Gasteiger partial charge in [-0.25, -0.2) is 4.98 Å². The number of aliphatic carboxylic acids is 1. The summed E-state index contributed by atoms with van der Waals surface area (Å²) in [6.45, 7) is 4.17. The number of hydrogen-bond donors (Lipinski definition) is 1. The van der Waals surface area contributed by atoms with Crippen molar-refractivity contribution in [3.05, 3.63) is 42.0 Å². The number of imidazole rings is 1. The molecule has 5 nitrogen and oxygen atoms in total. The van der Waals surface area contributed by atoms with Crippen LogP contribution in [-0.4, -0.2) is 27.7 Å². The molecule has 0 bridgehead atoms. The highest BCUT2D eigenvalue weighted by atomic mass is 16.5. The Morgan fingerprint density at radius 1 is 1.45 bits per heavy atom. The maximum atomic E-state index is 10.8. The van der Waals surface area contributed by atoms with Gasteiger partial charge in [-0.15, -0.1) is 0 Å². The monoisotopic (exact) mass is 274 g/mol. The molecule has 106 valence electrons. The van der Waals surface area contributed by atoms with Crippen LogP contribution in [0.5, 0.6) is 5.75 Å². The SMILES string of the molecule is COc1ccc(CC(=O)O)cc1-n1cncc1C(C)C. The number of rotatable bonds is 5. The molecule has 1 heterocycles. The first-order valence-corrected chi connectivity index (χ1v) is 6.44. The number of nitrogens with zero attached hydrogens (tertiary/aromatic N) is 2. The Hall–Kier alpha value is -2.30. The van der Waals surface area contributed by atoms with E-state index in [1.807, 2.05) is 16.8 Å². The molecule has 0 aliphatic heterocycles. The number of hydrogen-bond acceptors (Lipinski definition) is 3. The van der Waals surface area contributed by atoms with Crippen molar-refractivity contribution in [3.8, 4) is 11.4 Å². The molecule has 0 atom stereocenters. The lowest BCUT2D eigenvalue weighted by Gasteiger charge is -2.15. The van der Waals surface area contributed by atoms with Crippen LogP contribution >= 0.6 is 0 Å². The third kappa shape index (κ3) is 2.82. The number of benzene rings is 1. The van der Waals surface area contributed by atoms with E-state index in [1.165, 1.54) is 0 Å². The minimum atomic E-state index is -0.851. The average molecular weight is 274 g/mol. The van der Waals surface area contributed by atoms with Crippen molar-refractivity contribution in [2.75, 3.05) is 7.11 Å². The fourth-order valence-electron chi connectivity index (χ4n) is 2.14. The lowest BCUT2D eigenvalue weighted by molar-refractivity contribution is -0.136. The van der Waals surface area contributed by atoms with E-state index in [1.54, 1.807) is 25.6 Å². The Balaban J connectivity index is 2.52. The molecule has 0 spiro atoms. The molecule has 1 aromatic carbocycles. The fourth-order valence-corrected chi connectivity index (χ4v) is 2.14. The number of carboxylic acid groups (broad SMARTS) is 1. The van der Waals surface area contributed by atoms with Crippen molar-refractivity contribution >= 4 is 5.97 Å². The fraction of sp³-hybridized carbons (Fsp3) is 0.333. The third-order valence-electron chi connectivity index (χ3n) is 3.12. The Bertz CT molecular complexity index is 617. The first kappa shape index (κ1) is 14.1. The molecule has 0 aliphatic carbocycles. The minimum absolute atomic E-state index is 0.0112. The van der Waals surface area contributed by atoms with Crippen LogP contribution in [0.25, 0.3) is 5.69 Å². The maximum Gasteiger partial charge on any atom is 0.307 e. The smallest absolute Gasteiger partial charge is 0.307 e. The lowest BCUT2D eigenvalue weighted by Crippen LogP contribution is -2.05. The second kappa shape index (κ2) is 5.77. The summed E-state index contributed by atoms with van der Waals surface area (Å²) in [6.07, 6.45) is 3.52. The van der Waals surface area contributed by atoms with Crippen molar-refractivity contribution in [1.29, 1.82) is 0 Å². The Kier molecular flexibility index (Phi) is 4.08. The molecule has 2 aromatic rings. The van der Waals surface area contributed by atoms with Gasteiger partial charge in [0, 0.05) is 11.9 Å². The summed E-state index contributed by atoms with van der Waals surface area (Å²) in [5.74, 6) is 0.153. The Morgan fingerprint density at radius 2 is 2.20 bits per heavy atom. The van der Waals surface area contributed by atoms with Crippen LogP contribution in [0.15, 0.2) is 30.7 Å². The van der Waals surface area contributed by atoms with Crippen molar-refractivity contribution in [3.63, 3.8) is 0 Å². The van der Waals surface area contributed by atoms with Crippen LogP contribution in [0.4, 0.5) is 0 Å². The number of methoxy groups -OCH3 is 1. The van der Waals surface area contributed by atoms with E-state index < -0.39 is 5.97 Å². The number of carboxylic acids is 1. The molecular formula is C15H18N2O3. The van der Waals surface area contributed by atoms with Gasteiger partial charge >= 0.3 is 5.97 Å². The molecule has 0 radical (unpaired) electrons. The topological polar surface area (TPSA) is 64.3 Å². The van der Waals surface area contributed by atoms with Gasteiger partial charge in [0.25, 0.3) is 0 Å². The molecule has 20 heavy (non-hydrogen) atoms. The third-order valence-corrected chi connectivity index (χ3v) is 3.12. The highest BCUT2D eigenvalue weighted by Crippen LogP contribution is 2.28. The van der Waals surface area contributed by atoms with Crippen molar-refractivity contribution in [1.82, 2.24) is 9.55 Å². The predicted octanol–water partition coefficient (Wildman–Crippen LogP) is 2.63. The Morgan fingerprint density at radius 3 is 2.80 bits per heavy atom. The summed E-state index contributed by atoms with van der Waals surface area (Å²) in [6, 6.07) is 5.39. The first-order valence-electron chi connectivity index (χ1n) is 6.44. The second-order valence-electron chi connectivity index (χ2n) is 4.92. The molecule has 0 unspecified atom stereocenters. The zero-order valence-corrected chi connectivity index (χ0v) is 11.8. The van der Waals surface area contributed by atoms with Crippen LogP contribution < -0.4 is 4.74 Å².